The lowest BCUT2D eigenvalue weighted by Crippen LogP contribution is -2.49. The molecular weight excluding hydrogens is 468 g/mol. The van der Waals surface area contributed by atoms with Crippen LogP contribution in [-0.4, -0.2) is 48.9 Å². The van der Waals surface area contributed by atoms with Crippen molar-refractivity contribution < 1.29 is 23.8 Å². The van der Waals surface area contributed by atoms with E-state index in [1.165, 1.54) is 0 Å². The van der Waals surface area contributed by atoms with Gasteiger partial charge in [-0.25, -0.2) is 9.59 Å². The van der Waals surface area contributed by atoms with E-state index in [0.29, 0.717) is 37.7 Å². The lowest BCUT2D eigenvalue weighted by Gasteiger charge is -2.40. The van der Waals surface area contributed by atoms with E-state index in [4.69, 9.17) is 25.8 Å². The van der Waals surface area contributed by atoms with Gasteiger partial charge in [0.25, 0.3) is 0 Å². The molecule has 0 aliphatic carbocycles. The van der Waals surface area contributed by atoms with Gasteiger partial charge in [-0.3, -0.25) is 0 Å². The molecule has 1 saturated heterocycles. The molecule has 2 aromatic carbocycles. The van der Waals surface area contributed by atoms with Gasteiger partial charge in [-0.2, -0.15) is 0 Å². The SMILES string of the molecule is CCOc1c(CCNC(=O)OC(C)(C)C)cc(Cl)c(C)c1C1CN(C(=O)OCc2ccccc2)C1. The molecule has 0 spiro atoms. The first-order chi connectivity index (χ1) is 16.6. The summed E-state index contributed by atoms with van der Waals surface area (Å²) in [7, 11) is 0. The Balaban J connectivity index is 1.66. The summed E-state index contributed by atoms with van der Waals surface area (Å²) in [5.74, 6) is 0.875. The second kappa shape index (κ2) is 11.7. The Morgan fingerprint density at radius 3 is 2.49 bits per heavy atom. The molecule has 1 aliphatic rings. The molecule has 0 aromatic heterocycles. The molecular formula is C27H35ClN2O5. The average Bonchev–Trinajstić information content (AvgIpc) is 2.76. The van der Waals surface area contributed by atoms with Crippen LogP contribution >= 0.6 is 11.6 Å². The first kappa shape index (κ1) is 26.7. The maximum Gasteiger partial charge on any atom is 0.410 e. The summed E-state index contributed by atoms with van der Waals surface area (Å²) in [6.45, 7) is 11.6. The fraction of sp³-hybridized carbons (Fsp3) is 0.481. The van der Waals surface area contributed by atoms with Gasteiger partial charge in [-0.15, -0.1) is 0 Å². The number of benzene rings is 2. The minimum Gasteiger partial charge on any atom is -0.493 e. The minimum atomic E-state index is -0.556. The molecule has 3 rings (SSSR count). The highest BCUT2D eigenvalue weighted by molar-refractivity contribution is 6.31. The number of hydrogen-bond donors (Lipinski definition) is 1. The molecule has 7 nitrogen and oxygen atoms in total. The fourth-order valence-electron chi connectivity index (χ4n) is 4.02. The van der Waals surface area contributed by atoms with Crippen LogP contribution in [0.5, 0.6) is 5.75 Å². The van der Waals surface area contributed by atoms with Gasteiger partial charge >= 0.3 is 12.2 Å². The van der Waals surface area contributed by atoms with Crippen LogP contribution in [0.15, 0.2) is 36.4 Å². The van der Waals surface area contributed by atoms with Crippen LogP contribution in [-0.2, 0) is 22.5 Å². The molecule has 2 amide bonds. The van der Waals surface area contributed by atoms with Gasteiger partial charge < -0.3 is 24.4 Å². The predicted octanol–water partition coefficient (Wildman–Crippen LogP) is 5.85. The monoisotopic (exact) mass is 502 g/mol. The van der Waals surface area contributed by atoms with Crippen molar-refractivity contribution in [3.05, 3.63) is 63.7 Å². The minimum absolute atomic E-state index is 0.0945. The van der Waals surface area contributed by atoms with Crippen LogP contribution in [0.3, 0.4) is 0 Å². The summed E-state index contributed by atoms with van der Waals surface area (Å²) < 4.78 is 16.8. The second-order valence-electron chi connectivity index (χ2n) is 9.64. The molecule has 1 aliphatic heterocycles. The molecule has 8 heteroatoms. The van der Waals surface area contributed by atoms with Crippen LogP contribution in [0.2, 0.25) is 5.02 Å². The van der Waals surface area contributed by atoms with Crippen molar-refractivity contribution >= 4 is 23.8 Å². The van der Waals surface area contributed by atoms with Crippen molar-refractivity contribution in [2.75, 3.05) is 26.2 Å². The zero-order valence-corrected chi connectivity index (χ0v) is 21.9. The number of nitrogens with one attached hydrogen (secondary N) is 1. The van der Waals surface area contributed by atoms with E-state index in [1.807, 2.05) is 71.0 Å². The fourth-order valence-corrected chi connectivity index (χ4v) is 4.26. The van der Waals surface area contributed by atoms with Crippen molar-refractivity contribution in [3.8, 4) is 5.75 Å². The summed E-state index contributed by atoms with van der Waals surface area (Å²) in [6, 6.07) is 11.5. The molecule has 1 fully saturated rings. The molecule has 2 aromatic rings. The highest BCUT2D eigenvalue weighted by atomic mass is 35.5. The lowest BCUT2D eigenvalue weighted by atomic mass is 9.86. The smallest absolute Gasteiger partial charge is 0.410 e. The van der Waals surface area contributed by atoms with E-state index in [1.54, 1.807) is 4.90 Å². The number of carbonyl (C=O) groups is 2. The number of rotatable bonds is 8. The molecule has 1 N–H and O–H groups in total. The summed E-state index contributed by atoms with van der Waals surface area (Å²) in [6.07, 6.45) is -0.251. The van der Waals surface area contributed by atoms with Crippen molar-refractivity contribution in [1.82, 2.24) is 10.2 Å². The van der Waals surface area contributed by atoms with Crippen LogP contribution in [0.1, 0.15) is 55.9 Å². The number of hydrogen-bond acceptors (Lipinski definition) is 5. The Hall–Kier alpha value is -2.93. The van der Waals surface area contributed by atoms with Gasteiger partial charge in [0.2, 0.25) is 0 Å². The standard InChI is InChI=1S/C27H35ClN2O5/c1-6-33-24-20(12-13-29-25(31)35-27(3,4)5)14-22(28)18(2)23(24)21-15-30(16-21)26(32)34-17-19-10-8-7-9-11-19/h7-11,14,21H,6,12-13,15-17H2,1-5H3,(H,29,31). The third-order valence-corrected chi connectivity index (χ3v) is 6.10. The normalized spacial score (nSPS) is 13.7. The first-order valence-corrected chi connectivity index (χ1v) is 12.3. The van der Waals surface area contributed by atoms with E-state index in [9.17, 15) is 9.59 Å². The molecule has 0 bridgehead atoms. The van der Waals surface area contributed by atoms with Crippen LogP contribution in [0, 0.1) is 6.92 Å². The Bertz CT molecular complexity index is 1030. The van der Waals surface area contributed by atoms with Crippen LogP contribution in [0.4, 0.5) is 9.59 Å². The summed E-state index contributed by atoms with van der Waals surface area (Å²) in [4.78, 5) is 26.2. The maximum absolute atomic E-state index is 12.5. The molecule has 0 unspecified atom stereocenters. The van der Waals surface area contributed by atoms with E-state index in [0.717, 1.165) is 28.0 Å². The van der Waals surface area contributed by atoms with Gasteiger partial charge in [-0.05, 0) is 63.8 Å². The van der Waals surface area contributed by atoms with Crippen molar-refractivity contribution in [3.63, 3.8) is 0 Å². The Morgan fingerprint density at radius 1 is 1.17 bits per heavy atom. The second-order valence-corrected chi connectivity index (χ2v) is 10.0. The Kier molecular flexibility index (Phi) is 8.89. The van der Waals surface area contributed by atoms with Gasteiger partial charge in [0.1, 0.15) is 18.0 Å². The molecule has 0 saturated carbocycles. The Labute approximate surface area is 212 Å². The number of amides is 2. The third kappa shape index (κ3) is 7.28. The van der Waals surface area contributed by atoms with Gasteiger partial charge in [0.05, 0.1) is 6.61 Å². The predicted molar refractivity (Wildman–Crippen MR) is 136 cm³/mol. The quantitative estimate of drug-likeness (QED) is 0.490. The number of likely N-dealkylation sites (tertiary alicyclic amines) is 1. The molecule has 1 heterocycles. The van der Waals surface area contributed by atoms with E-state index in [2.05, 4.69) is 5.32 Å². The van der Waals surface area contributed by atoms with Crippen LogP contribution < -0.4 is 10.1 Å². The number of nitrogens with zero attached hydrogens (tertiary/aromatic N) is 1. The van der Waals surface area contributed by atoms with Crippen molar-refractivity contribution in [1.29, 1.82) is 0 Å². The van der Waals surface area contributed by atoms with Gasteiger partial charge in [-0.1, -0.05) is 41.9 Å². The lowest BCUT2D eigenvalue weighted by molar-refractivity contribution is 0.0528. The molecule has 0 atom stereocenters. The number of alkyl carbamates (subject to hydrolysis) is 1. The zero-order valence-electron chi connectivity index (χ0n) is 21.2. The molecule has 35 heavy (non-hydrogen) atoms. The highest BCUT2D eigenvalue weighted by Crippen LogP contribution is 2.41. The van der Waals surface area contributed by atoms with Gasteiger partial charge in [0, 0.05) is 36.1 Å². The van der Waals surface area contributed by atoms with Gasteiger partial charge in [0.15, 0.2) is 0 Å². The summed E-state index contributed by atoms with van der Waals surface area (Å²) >= 11 is 6.59. The topological polar surface area (TPSA) is 77.1 Å². The molecule has 0 radical (unpaired) electrons. The third-order valence-electron chi connectivity index (χ3n) is 5.70. The number of ether oxygens (including phenoxy) is 3. The van der Waals surface area contributed by atoms with E-state index < -0.39 is 11.7 Å². The molecule has 190 valence electrons. The zero-order chi connectivity index (χ0) is 25.6. The van der Waals surface area contributed by atoms with Crippen molar-refractivity contribution in [2.24, 2.45) is 0 Å². The van der Waals surface area contributed by atoms with E-state index >= 15 is 0 Å². The largest absolute Gasteiger partial charge is 0.493 e. The summed E-state index contributed by atoms with van der Waals surface area (Å²) in [5, 5.41) is 3.43. The highest BCUT2D eigenvalue weighted by Gasteiger charge is 2.36. The maximum atomic E-state index is 12.5. The average molecular weight is 503 g/mol. The number of carbonyl (C=O) groups excluding carboxylic acids is 2. The first-order valence-electron chi connectivity index (χ1n) is 12.0. The van der Waals surface area contributed by atoms with E-state index in [-0.39, 0.29) is 18.6 Å². The number of halogens is 1. The van der Waals surface area contributed by atoms with Crippen molar-refractivity contribution in [2.45, 2.75) is 59.2 Å². The summed E-state index contributed by atoms with van der Waals surface area (Å²) in [5.41, 5.74) is 3.27. The Morgan fingerprint density at radius 2 is 1.86 bits per heavy atom. The van der Waals surface area contributed by atoms with Crippen LogP contribution in [0.25, 0.3) is 0 Å².